The summed E-state index contributed by atoms with van der Waals surface area (Å²) in [5.74, 6) is 0. The molecule has 0 radical (unpaired) electrons. The van der Waals surface area contributed by atoms with Gasteiger partial charge >= 0.3 is 0 Å². The van der Waals surface area contributed by atoms with Gasteiger partial charge in [0, 0.05) is 18.4 Å². The summed E-state index contributed by atoms with van der Waals surface area (Å²) in [6.07, 6.45) is 5.94. The molecule has 0 aliphatic carbocycles. The Balaban J connectivity index is 2.59. The van der Waals surface area contributed by atoms with Crippen LogP contribution in [-0.2, 0) is 6.42 Å². The quantitative estimate of drug-likeness (QED) is 0.640. The molecule has 0 bridgehead atoms. The van der Waals surface area contributed by atoms with Gasteiger partial charge in [-0.05, 0) is 18.9 Å². The molecule has 0 amide bonds. The van der Waals surface area contributed by atoms with Gasteiger partial charge in [-0.3, -0.25) is 0 Å². The maximum Gasteiger partial charge on any atom is 0.115 e. The standard InChI is InChI=1S/C7H11N3/c1-6(8)2-7-3-9-5-10-4-7/h3-6H,2,8H2,1H3/t6-/m0/s1. The summed E-state index contributed by atoms with van der Waals surface area (Å²) in [7, 11) is 0. The van der Waals surface area contributed by atoms with Gasteiger partial charge in [-0.15, -0.1) is 0 Å². The molecule has 0 aliphatic rings. The zero-order valence-electron chi connectivity index (χ0n) is 5.99. The molecule has 10 heavy (non-hydrogen) atoms. The number of rotatable bonds is 2. The van der Waals surface area contributed by atoms with Gasteiger partial charge in [-0.1, -0.05) is 0 Å². The van der Waals surface area contributed by atoms with Crippen molar-refractivity contribution in [1.82, 2.24) is 9.97 Å². The highest BCUT2D eigenvalue weighted by atomic mass is 14.8. The van der Waals surface area contributed by atoms with E-state index in [2.05, 4.69) is 9.97 Å². The van der Waals surface area contributed by atoms with Crippen LogP contribution in [0, 0.1) is 0 Å². The second-order valence-corrected chi connectivity index (χ2v) is 2.43. The summed E-state index contributed by atoms with van der Waals surface area (Å²) in [5.41, 5.74) is 6.66. The smallest absolute Gasteiger partial charge is 0.115 e. The minimum absolute atomic E-state index is 0.186. The van der Waals surface area contributed by atoms with E-state index in [1.54, 1.807) is 12.4 Å². The van der Waals surface area contributed by atoms with E-state index in [0.717, 1.165) is 12.0 Å². The van der Waals surface area contributed by atoms with Gasteiger partial charge in [-0.25, -0.2) is 9.97 Å². The minimum atomic E-state index is 0.186. The van der Waals surface area contributed by atoms with Crippen molar-refractivity contribution in [3.05, 3.63) is 24.3 Å². The lowest BCUT2D eigenvalue weighted by molar-refractivity contribution is 0.732. The van der Waals surface area contributed by atoms with Crippen molar-refractivity contribution in [3.8, 4) is 0 Å². The molecule has 2 N–H and O–H groups in total. The summed E-state index contributed by atoms with van der Waals surface area (Å²) in [5, 5.41) is 0. The number of hydrogen-bond acceptors (Lipinski definition) is 3. The average molecular weight is 137 g/mol. The van der Waals surface area contributed by atoms with Gasteiger partial charge in [0.05, 0.1) is 0 Å². The van der Waals surface area contributed by atoms with E-state index in [1.807, 2.05) is 6.92 Å². The fourth-order valence-corrected chi connectivity index (χ4v) is 0.807. The van der Waals surface area contributed by atoms with Crippen LogP contribution < -0.4 is 5.73 Å². The summed E-state index contributed by atoms with van der Waals surface area (Å²) in [4.78, 5) is 7.74. The van der Waals surface area contributed by atoms with E-state index in [-0.39, 0.29) is 6.04 Å². The van der Waals surface area contributed by atoms with Crippen LogP contribution in [0.1, 0.15) is 12.5 Å². The second kappa shape index (κ2) is 3.27. The summed E-state index contributed by atoms with van der Waals surface area (Å²) < 4.78 is 0. The molecule has 0 saturated heterocycles. The van der Waals surface area contributed by atoms with Crippen molar-refractivity contribution in [2.75, 3.05) is 0 Å². The Morgan fingerprint density at radius 2 is 2.10 bits per heavy atom. The van der Waals surface area contributed by atoms with Gasteiger partial charge in [0.2, 0.25) is 0 Å². The largest absolute Gasteiger partial charge is 0.328 e. The molecule has 3 nitrogen and oxygen atoms in total. The van der Waals surface area contributed by atoms with E-state index >= 15 is 0 Å². The predicted molar refractivity (Wildman–Crippen MR) is 39.4 cm³/mol. The molecule has 0 spiro atoms. The molecule has 3 heteroatoms. The molecule has 0 aromatic carbocycles. The van der Waals surface area contributed by atoms with E-state index in [9.17, 15) is 0 Å². The first-order chi connectivity index (χ1) is 4.79. The van der Waals surface area contributed by atoms with Gasteiger partial charge in [0.15, 0.2) is 0 Å². The van der Waals surface area contributed by atoms with Crippen LogP contribution in [0.4, 0.5) is 0 Å². The van der Waals surface area contributed by atoms with E-state index in [1.165, 1.54) is 6.33 Å². The SMILES string of the molecule is C[C@H](N)Cc1cncnc1. The average Bonchev–Trinajstić information content (AvgIpc) is 1.88. The predicted octanol–water partition coefficient (Wildman–Crippen LogP) is 0.366. The van der Waals surface area contributed by atoms with E-state index in [0.29, 0.717) is 0 Å². The summed E-state index contributed by atoms with van der Waals surface area (Å²) in [6.45, 7) is 1.97. The van der Waals surface area contributed by atoms with Crippen LogP contribution in [0.2, 0.25) is 0 Å². The molecule has 1 aromatic rings. The molecular weight excluding hydrogens is 126 g/mol. The van der Waals surface area contributed by atoms with Crippen molar-refractivity contribution in [3.63, 3.8) is 0 Å². The van der Waals surface area contributed by atoms with Crippen LogP contribution in [0.15, 0.2) is 18.7 Å². The van der Waals surface area contributed by atoms with Crippen molar-refractivity contribution in [2.24, 2.45) is 5.73 Å². The molecule has 0 unspecified atom stereocenters. The van der Waals surface area contributed by atoms with Crippen molar-refractivity contribution >= 4 is 0 Å². The molecule has 1 aromatic heterocycles. The highest BCUT2D eigenvalue weighted by molar-refractivity contribution is 5.03. The van der Waals surface area contributed by atoms with Crippen molar-refractivity contribution < 1.29 is 0 Å². The summed E-state index contributed by atoms with van der Waals surface area (Å²) >= 11 is 0. The molecular formula is C7H11N3. The lowest BCUT2D eigenvalue weighted by Crippen LogP contribution is -2.17. The normalized spacial score (nSPS) is 13.0. The molecule has 1 rings (SSSR count). The molecule has 1 atom stereocenters. The van der Waals surface area contributed by atoms with Crippen LogP contribution in [0.5, 0.6) is 0 Å². The Labute approximate surface area is 60.3 Å². The van der Waals surface area contributed by atoms with Crippen LogP contribution in [0.3, 0.4) is 0 Å². The first-order valence-corrected chi connectivity index (χ1v) is 3.28. The number of aromatic nitrogens is 2. The lowest BCUT2D eigenvalue weighted by Gasteiger charge is -2.01. The minimum Gasteiger partial charge on any atom is -0.328 e. The third-order valence-corrected chi connectivity index (χ3v) is 1.17. The van der Waals surface area contributed by atoms with Crippen LogP contribution in [-0.4, -0.2) is 16.0 Å². The topological polar surface area (TPSA) is 51.8 Å². The summed E-state index contributed by atoms with van der Waals surface area (Å²) in [6, 6.07) is 0.186. The lowest BCUT2D eigenvalue weighted by atomic mass is 10.1. The maximum absolute atomic E-state index is 5.57. The number of nitrogens with two attached hydrogens (primary N) is 1. The monoisotopic (exact) mass is 137 g/mol. The molecule has 0 fully saturated rings. The first-order valence-electron chi connectivity index (χ1n) is 3.28. The Bertz CT molecular complexity index is 183. The zero-order valence-corrected chi connectivity index (χ0v) is 5.99. The first kappa shape index (κ1) is 7.15. The van der Waals surface area contributed by atoms with Gasteiger partial charge in [0.1, 0.15) is 6.33 Å². The molecule has 1 heterocycles. The molecule has 0 aliphatic heterocycles. The Hall–Kier alpha value is -0.960. The Kier molecular flexibility index (Phi) is 2.34. The molecule has 54 valence electrons. The van der Waals surface area contributed by atoms with Crippen molar-refractivity contribution in [2.45, 2.75) is 19.4 Å². The Morgan fingerprint density at radius 1 is 1.50 bits per heavy atom. The van der Waals surface area contributed by atoms with Gasteiger partial charge in [0.25, 0.3) is 0 Å². The highest BCUT2D eigenvalue weighted by Gasteiger charge is 1.95. The fourth-order valence-electron chi connectivity index (χ4n) is 0.807. The van der Waals surface area contributed by atoms with E-state index in [4.69, 9.17) is 5.73 Å². The van der Waals surface area contributed by atoms with Gasteiger partial charge < -0.3 is 5.73 Å². The number of hydrogen-bond donors (Lipinski definition) is 1. The highest BCUT2D eigenvalue weighted by Crippen LogP contribution is 1.95. The maximum atomic E-state index is 5.57. The third kappa shape index (κ3) is 2.11. The molecule has 0 saturated carbocycles. The Morgan fingerprint density at radius 3 is 2.60 bits per heavy atom. The van der Waals surface area contributed by atoms with Crippen LogP contribution >= 0.6 is 0 Å². The third-order valence-electron chi connectivity index (χ3n) is 1.17. The fraction of sp³-hybridized carbons (Fsp3) is 0.429. The second-order valence-electron chi connectivity index (χ2n) is 2.43. The van der Waals surface area contributed by atoms with Gasteiger partial charge in [-0.2, -0.15) is 0 Å². The zero-order chi connectivity index (χ0) is 7.40. The van der Waals surface area contributed by atoms with E-state index < -0.39 is 0 Å². The van der Waals surface area contributed by atoms with Crippen LogP contribution in [0.25, 0.3) is 0 Å². The van der Waals surface area contributed by atoms with Crippen molar-refractivity contribution in [1.29, 1.82) is 0 Å². The number of nitrogens with zero attached hydrogens (tertiary/aromatic N) is 2.